The SMILES string of the molecule is COc1ccc(C(Cc2c(Cl)c[n+]([O-])cc2Cl)OC(=O)c2ccc(CN[C@H](C(=O)O[C@]3(C)CCCNC3)c3ccccc3)s2)cc1OC. The fraction of sp³-hybridized carbons (Fsp3) is 0.343. The highest BCUT2D eigenvalue weighted by atomic mass is 35.5. The summed E-state index contributed by atoms with van der Waals surface area (Å²) in [7, 11) is 3.04. The number of ether oxygens (including phenoxy) is 4. The number of benzene rings is 2. The van der Waals surface area contributed by atoms with Crippen LogP contribution in [0.5, 0.6) is 11.5 Å². The maximum atomic E-state index is 13.6. The molecule has 0 radical (unpaired) electrons. The number of piperidine rings is 1. The zero-order chi connectivity index (χ0) is 34.3. The number of thiophene rings is 1. The largest absolute Gasteiger partial charge is 0.619 e. The van der Waals surface area contributed by atoms with E-state index in [1.807, 2.05) is 43.3 Å². The summed E-state index contributed by atoms with van der Waals surface area (Å²) in [5.41, 5.74) is 1.26. The lowest BCUT2D eigenvalue weighted by molar-refractivity contribution is -0.605. The molecule has 3 heterocycles. The van der Waals surface area contributed by atoms with Crippen LogP contribution in [-0.4, -0.2) is 44.8 Å². The minimum atomic E-state index is -0.841. The van der Waals surface area contributed by atoms with Crippen LogP contribution in [0.2, 0.25) is 10.0 Å². The minimum Gasteiger partial charge on any atom is -0.619 e. The molecule has 0 spiro atoms. The standard InChI is InChI=1S/C35H37Cl2N3O7S/c1-35(14-7-15-38-21-35)47-34(42)32(22-8-5-4-6-9-22)39-18-24-11-13-31(48-24)33(41)46-29(17-25-26(36)19-40(43)20-27(25)37)23-10-12-28(44-2)30(16-23)45-3/h4-6,8-13,16,19-20,29,32,38-39H,7,14-15,17-18,21H2,1-3H3/t29?,32-,35+/m0/s1. The summed E-state index contributed by atoms with van der Waals surface area (Å²) in [6.45, 7) is 3.76. The Morgan fingerprint density at radius 2 is 1.75 bits per heavy atom. The van der Waals surface area contributed by atoms with E-state index < -0.39 is 23.7 Å². The second-order valence-corrected chi connectivity index (χ2v) is 13.6. The number of hydrogen-bond donors (Lipinski definition) is 2. The van der Waals surface area contributed by atoms with Gasteiger partial charge in [-0.05, 0) is 61.7 Å². The number of pyridine rings is 1. The van der Waals surface area contributed by atoms with Gasteiger partial charge in [-0.3, -0.25) is 5.32 Å². The molecular formula is C35H37Cl2N3O7S. The van der Waals surface area contributed by atoms with Gasteiger partial charge in [-0.25, -0.2) is 9.59 Å². The van der Waals surface area contributed by atoms with E-state index in [4.69, 9.17) is 42.1 Å². The van der Waals surface area contributed by atoms with Crippen LogP contribution < -0.4 is 24.8 Å². The van der Waals surface area contributed by atoms with Gasteiger partial charge < -0.3 is 29.5 Å². The van der Waals surface area contributed by atoms with Crippen molar-refractivity contribution in [2.75, 3.05) is 27.3 Å². The van der Waals surface area contributed by atoms with Crippen molar-refractivity contribution in [3.05, 3.63) is 115 Å². The van der Waals surface area contributed by atoms with Gasteiger partial charge in [0.1, 0.15) is 32.7 Å². The number of nitrogens with zero attached hydrogens (tertiary/aromatic N) is 1. The van der Waals surface area contributed by atoms with Gasteiger partial charge in [-0.2, -0.15) is 4.73 Å². The molecule has 48 heavy (non-hydrogen) atoms. The summed E-state index contributed by atoms with van der Waals surface area (Å²) >= 11 is 14.0. The molecule has 10 nitrogen and oxygen atoms in total. The Labute approximate surface area is 293 Å². The van der Waals surface area contributed by atoms with Crippen molar-refractivity contribution in [3.63, 3.8) is 0 Å². The summed E-state index contributed by atoms with van der Waals surface area (Å²) in [6, 6.07) is 17.4. The van der Waals surface area contributed by atoms with Crippen molar-refractivity contribution in [1.29, 1.82) is 0 Å². The minimum absolute atomic E-state index is 0.0921. The molecule has 0 saturated carbocycles. The molecule has 3 atom stereocenters. The Morgan fingerprint density at radius 3 is 2.42 bits per heavy atom. The number of carbonyl (C=O) groups is 2. The Kier molecular flexibility index (Phi) is 11.8. The lowest BCUT2D eigenvalue weighted by Gasteiger charge is -2.35. The molecule has 1 aliphatic rings. The molecule has 0 aliphatic carbocycles. The topological polar surface area (TPSA) is 122 Å². The predicted octanol–water partition coefficient (Wildman–Crippen LogP) is 6.36. The quantitative estimate of drug-likeness (QED) is 0.0926. The van der Waals surface area contributed by atoms with Gasteiger partial charge in [-0.1, -0.05) is 59.6 Å². The van der Waals surface area contributed by atoms with Gasteiger partial charge in [0.25, 0.3) is 0 Å². The number of rotatable bonds is 13. The Morgan fingerprint density at radius 1 is 1.02 bits per heavy atom. The van der Waals surface area contributed by atoms with E-state index in [-0.39, 0.29) is 22.4 Å². The molecule has 2 aromatic heterocycles. The van der Waals surface area contributed by atoms with E-state index >= 15 is 0 Å². The van der Waals surface area contributed by atoms with Gasteiger partial charge >= 0.3 is 11.9 Å². The monoisotopic (exact) mass is 713 g/mol. The highest BCUT2D eigenvalue weighted by Crippen LogP contribution is 2.36. The summed E-state index contributed by atoms with van der Waals surface area (Å²) in [5, 5.41) is 18.8. The third kappa shape index (κ3) is 8.77. The molecule has 2 N–H and O–H groups in total. The van der Waals surface area contributed by atoms with Crippen LogP contribution in [0.15, 0.2) is 73.1 Å². The van der Waals surface area contributed by atoms with Crippen LogP contribution in [0, 0.1) is 5.21 Å². The number of nitrogens with one attached hydrogen (secondary N) is 2. The molecule has 1 aliphatic heterocycles. The zero-order valence-electron chi connectivity index (χ0n) is 26.8. The number of methoxy groups -OCH3 is 2. The van der Waals surface area contributed by atoms with E-state index in [0.29, 0.717) is 45.3 Å². The first kappa shape index (κ1) is 35.4. The fourth-order valence-electron chi connectivity index (χ4n) is 5.56. The van der Waals surface area contributed by atoms with Crippen molar-refractivity contribution in [2.45, 2.75) is 50.5 Å². The van der Waals surface area contributed by atoms with Crippen LogP contribution in [0.1, 0.15) is 63.2 Å². The molecule has 1 unspecified atom stereocenters. The van der Waals surface area contributed by atoms with Gasteiger partial charge in [0.05, 0.1) is 14.2 Å². The Balaban J connectivity index is 1.33. The van der Waals surface area contributed by atoms with Crippen LogP contribution in [0.4, 0.5) is 0 Å². The molecule has 1 fully saturated rings. The van der Waals surface area contributed by atoms with Crippen molar-refractivity contribution in [1.82, 2.24) is 10.6 Å². The van der Waals surface area contributed by atoms with Crippen molar-refractivity contribution < 1.29 is 33.3 Å². The van der Waals surface area contributed by atoms with Crippen molar-refractivity contribution >= 4 is 46.5 Å². The average Bonchev–Trinajstić information content (AvgIpc) is 3.55. The van der Waals surface area contributed by atoms with Gasteiger partial charge in [0.2, 0.25) is 0 Å². The number of halogens is 2. The third-order valence-electron chi connectivity index (χ3n) is 8.09. The summed E-state index contributed by atoms with van der Waals surface area (Å²) in [6.07, 6.45) is 3.36. The molecule has 0 amide bonds. The average molecular weight is 715 g/mol. The molecule has 0 bridgehead atoms. The Hall–Kier alpha value is -3.87. The van der Waals surface area contributed by atoms with E-state index in [1.165, 1.54) is 38.0 Å². The lowest BCUT2D eigenvalue weighted by atomic mass is 9.96. The van der Waals surface area contributed by atoms with Crippen LogP contribution in [-0.2, 0) is 27.2 Å². The lowest BCUT2D eigenvalue weighted by Crippen LogP contribution is -2.48. The number of aromatic nitrogens is 1. The van der Waals surface area contributed by atoms with Gasteiger partial charge in [0, 0.05) is 30.0 Å². The fourth-order valence-corrected chi connectivity index (χ4v) is 7.00. The highest BCUT2D eigenvalue weighted by Gasteiger charge is 2.34. The first-order valence-corrected chi connectivity index (χ1v) is 17.0. The summed E-state index contributed by atoms with van der Waals surface area (Å²) < 4.78 is 23.4. The van der Waals surface area contributed by atoms with Gasteiger partial charge in [0.15, 0.2) is 23.9 Å². The van der Waals surface area contributed by atoms with Crippen molar-refractivity contribution in [2.24, 2.45) is 0 Å². The van der Waals surface area contributed by atoms with E-state index in [1.54, 1.807) is 24.3 Å². The number of esters is 2. The number of hydrogen-bond acceptors (Lipinski definition) is 10. The molecular weight excluding hydrogens is 677 g/mol. The first-order chi connectivity index (χ1) is 23.1. The second-order valence-electron chi connectivity index (χ2n) is 11.6. The number of carbonyl (C=O) groups excluding carboxylic acids is 2. The molecule has 13 heteroatoms. The van der Waals surface area contributed by atoms with Crippen molar-refractivity contribution in [3.8, 4) is 11.5 Å². The Bertz CT molecular complexity index is 1710. The normalized spacial score (nSPS) is 17.3. The maximum absolute atomic E-state index is 13.6. The summed E-state index contributed by atoms with van der Waals surface area (Å²) in [5.74, 6) is 0.0301. The van der Waals surface area contributed by atoms with E-state index in [9.17, 15) is 14.8 Å². The second kappa shape index (κ2) is 16.0. The van der Waals surface area contributed by atoms with Crippen LogP contribution in [0.3, 0.4) is 0 Å². The first-order valence-electron chi connectivity index (χ1n) is 15.4. The molecule has 1 saturated heterocycles. The molecule has 4 aromatic rings. The van der Waals surface area contributed by atoms with Crippen LogP contribution >= 0.6 is 34.5 Å². The zero-order valence-corrected chi connectivity index (χ0v) is 29.1. The van der Waals surface area contributed by atoms with E-state index in [0.717, 1.165) is 29.8 Å². The smallest absolute Gasteiger partial charge is 0.348 e. The predicted molar refractivity (Wildman–Crippen MR) is 184 cm³/mol. The molecule has 5 rings (SSSR count). The molecule has 254 valence electrons. The van der Waals surface area contributed by atoms with Crippen LogP contribution in [0.25, 0.3) is 0 Å². The third-order valence-corrected chi connectivity index (χ3v) is 9.81. The van der Waals surface area contributed by atoms with E-state index in [2.05, 4.69) is 10.6 Å². The maximum Gasteiger partial charge on any atom is 0.348 e. The summed E-state index contributed by atoms with van der Waals surface area (Å²) in [4.78, 5) is 28.2. The molecule has 2 aromatic carbocycles. The van der Waals surface area contributed by atoms with Gasteiger partial charge in [-0.15, -0.1) is 11.3 Å². The highest BCUT2D eigenvalue weighted by molar-refractivity contribution is 7.13.